The third-order valence-electron chi connectivity index (χ3n) is 4.91. The van der Waals surface area contributed by atoms with Crippen molar-refractivity contribution in [1.82, 2.24) is 0 Å². The van der Waals surface area contributed by atoms with E-state index in [4.69, 9.17) is 14.2 Å². The fraction of sp³-hybridized carbons (Fsp3) is 0.526. The van der Waals surface area contributed by atoms with Crippen LogP contribution in [0.3, 0.4) is 0 Å². The van der Waals surface area contributed by atoms with Crippen LogP contribution in [0.2, 0.25) is 0 Å². The highest BCUT2D eigenvalue weighted by Gasteiger charge is 2.59. The number of hydrogen-bond donors (Lipinski definition) is 0. The Bertz CT molecular complexity index is 641. The average Bonchev–Trinajstić information content (AvgIpc) is 2.77. The summed E-state index contributed by atoms with van der Waals surface area (Å²) < 4.78 is 15.2. The molecule has 2 aliphatic carbocycles. The molecule has 0 radical (unpaired) electrons. The molecule has 0 saturated heterocycles. The lowest BCUT2D eigenvalue weighted by molar-refractivity contribution is -0.169. The topological polar surface area (TPSA) is 78.9 Å². The molecule has 0 saturated carbocycles. The first-order valence-corrected chi connectivity index (χ1v) is 8.19. The maximum Gasteiger partial charge on any atom is 0.327 e. The molecule has 136 valence electrons. The smallest absolute Gasteiger partial charge is 0.327 e. The van der Waals surface area contributed by atoms with Crippen molar-refractivity contribution < 1.29 is 28.6 Å². The second-order valence-electron chi connectivity index (χ2n) is 6.47. The van der Waals surface area contributed by atoms with E-state index >= 15 is 0 Å². The molecule has 0 aromatic carbocycles. The third kappa shape index (κ3) is 3.25. The van der Waals surface area contributed by atoms with Gasteiger partial charge in [-0.2, -0.15) is 0 Å². The lowest BCUT2D eigenvalue weighted by Gasteiger charge is -2.31. The third-order valence-corrected chi connectivity index (χ3v) is 4.91. The van der Waals surface area contributed by atoms with Crippen LogP contribution in [0.15, 0.2) is 36.0 Å². The van der Waals surface area contributed by atoms with Gasteiger partial charge in [0.2, 0.25) is 0 Å². The largest absolute Gasteiger partial charge is 0.468 e. The van der Waals surface area contributed by atoms with Gasteiger partial charge in [0.1, 0.15) is 6.10 Å². The van der Waals surface area contributed by atoms with E-state index in [-0.39, 0.29) is 23.9 Å². The highest BCUT2D eigenvalue weighted by molar-refractivity contribution is 6.04. The number of methoxy groups -OCH3 is 2. The standard InChI is InChI=1S/C19H24O6/c1-11(2)15-10-19(17(21)23-4,18(22)24-5)16-9-7-13(25-12(3)20)6-8-14(15)16/h6,8,10,13-14,16H,1,7,9H2,2-5H3/t13-,14+,16+/m0/s1. The molecule has 0 aliphatic heterocycles. The van der Waals surface area contributed by atoms with Gasteiger partial charge in [-0.25, -0.2) is 0 Å². The normalized spacial score (nSPS) is 26.7. The highest BCUT2D eigenvalue weighted by Crippen LogP contribution is 2.52. The fourth-order valence-corrected chi connectivity index (χ4v) is 3.84. The van der Waals surface area contributed by atoms with E-state index in [1.807, 2.05) is 19.1 Å². The Hall–Kier alpha value is -2.37. The fourth-order valence-electron chi connectivity index (χ4n) is 3.84. The lowest BCUT2D eigenvalue weighted by Crippen LogP contribution is -2.45. The number of ether oxygens (including phenoxy) is 3. The average molecular weight is 348 g/mol. The zero-order valence-corrected chi connectivity index (χ0v) is 15.0. The van der Waals surface area contributed by atoms with Crippen LogP contribution in [0.25, 0.3) is 0 Å². The molecule has 0 aromatic heterocycles. The first kappa shape index (κ1) is 19.0. The Balaban J connectivity index is 2.52. The van der Waals surface area contributed by atoms with Gasteiger partial charge in [-0.15, -0.1) is 0 Å². The molecular weight excluding hydrogens is 324 g/mol. The van der Waals surface area contributed by atoms with Crippen LogP contribution >= 0.6 is 0 Å². The van der Waals surface area contributed by atoms with E-state index < -0.39 is 17.4 Å². The molecule has 0 heterocycles. The van der Waals surface area contributed by atoms with Gasteiger partial charge in [0.05, 0.1) is 14.2 Å². The first-order valence-electron chi connectivity index (χ1n) is 8.19. The Morgan fingerprint density at radius 2 is 1.68 bits per heavy atom. The number of hydrogen-bond acceptors (Lipinski definition) is 6. The van der Waals surface area contributed by atoms with Crippen LogP contribution in [0.1, 0.15) is 26.7 Å². The Labute approximate surface area is 147 Å². The molecule has 0 fully saturated rings. The highest BCUT2D eigenvalue weighted by atomic mass is 16.5. The van der Waals surface area contributed by atoms with Crippen molar-refractivity contribution in [3.63, 3.8) is 0 Å². The monoisotopic (exact) mass is 348 g/mol. The van der Waals surface area contributed by atoms with Crippen molar-refractivity contribution in [2.75, 3.05) is 14.2 Å². The van der Waals surface area contributed by atoms with Crippen LogP contribution in [-0.4, -0.2) is 38.2 Å². The predicted molar refractivity (Wildman–Crippen MR) is 90.3 cm³/mol. The summed E-state index contributed by atoms with van der Waals surface area (Å²) in [6.07, 6.45) is 5.95. The Morgan fingerprint density at radius 3 is 2.16 bits per heavy atom. The van der Waals surface area contributed by atoms with Gasteiger partial charge in [0.25, 0.3) is 0 Å². The van der Waals surface area contributed by atoms with Gasteiger partial charge in [-0.3, -0.25) is 14.4 Å². The summed E-state index contributed by atoms with van der Waals surface area (Å²) in [4.78, 5) is 36.5. The van der Waals surface area contributed by atoms with Crippen LogP contribution in [0, 0.1) is 17.3 Å². The van der Waals surface area contributed by atoms with Gasteiger partial charge in [-0.1, -0.05) is 24.3 Å². The molecule has 0 amide bonds. The maximum absolute atomic E-state index is 12.6. The summed E-state index contributed by atoms with van der Waals surface area (Å²) in [7, 11) is 2.51. The quantitative estimate of drug-likeness (QED) is 0.336. The van der Waals surface area contributed by atoms with E-state index in [0.717, 1.165) is 11.1 Å². The zero-order valence-electron chi connectivity index (χ0n) is 15.0. The van der Waals surface area contributed by atoms with Gasteiger partial charge in [0, 0.05) is 12.8 Å². The number of carbonyl (C=O) groups is 3. The summed E-state index contributed by atoms with van der Waals surface area (Å²) in [5, 5.41) is 0. The van der Waals surface area contributed by atoms with E-state index in [2.05, 4.69) is 6.58 Å². The van der Waals surface area contributed by atoms with Crippen molar-refractivity contribution in [3.05, 3.63) is 36.0 Å². The molecule has 2 rings (SSSR count). The second kappa shape index (κ2) is 7.25. The van der Waals surface area contributed by atoms with Crippen LogP contribution in [-0.2, 0) is 28.6 Å². The second-order valence-corrected chi connectivity index (χ2v) is 6.47. The summed E-state index contributed by atoms with van der Waals surface area (Å²) in [6.45, 7) is 7.15. The van der Waals surface area contributed by atoms with E-state index in [9.17, 15) is 14.4 Å². The molecule has 6 heteroatoms. The van der Waals surface area contributed by atoms with E-state index in [1.165, 1.54) is 21.1 Å². The molecule has 0 N–H and O–H groups in total. The van der Waals surface area contributed by atoms with Gasteiger partial charge >= 0.3 is 17.9 Å². The van der Waals surface area contributed by atoms with Crippen molar-refractivity contribution in [2.24, 2.45) is 17.3 Å². The molecule has 6 nitrogen and oxygen atoms in total. The van der Waals surface area contributed by atoms with Crippen molar-refractivity contribution >= 4 is 17.9 Å². The van der Waals surface area contributed by atoms with Gasteiger partial charge < -0.3 is 14.2 Å². The molecule has 0 aromatic rings. The van der Waals surface area contributed by atoms with Crippen molar-refractivity contribution in [3.8, 4) is 0 Å². The molecular formula is C19H24O6. The summed E-state index contributed by atoms with van der Waals surface area (Å²) >= 11 is 0. The number of rotatable bonds is 4. The molecule has 0 unspecified atom stereocenters. The van der Waals surface area contributed by atoms with Gasteiger partial charge in [0.15, 0.2) is 5.41 Å². The Kier molecular flexibility index (Phi) is 5.50. The van der Waals surface area contributed by atoms with Crippen molar-refractivity contribution in [1.29, 1.82) is 0 Å². The lowest BCUT2D eigenvalue weighted by atomic mass is 9.72. The van der Waals surface area contributed by atoms with Crippen LogP contribution in [0.5, 0.6) is 0 Å². The Morgan fingerprint density at radius 1 is 1.08 bits per heavy atom. The summed E-state index contributed by atoms with van der Waals surface area (Å²) in [5.41, 5.74) is 0.0542. The zero-order chi connectivity index (χ0) is 18.8. The minimum Gasteiger partial charge on any atom is -0.468 e. The minimum atomic E-state index is -1.52. The first-order chi connectivity index (χ1) is 11.8. The molecule has 3 atom stereocenters. The maximum atomic E-state index is 12.6. The summed E-state index contributed by atoms with van der Waals surface area (Å²) in [5.74, 6) is -2.24. The number of allylic oxidation sites excluding steroid dienone is 3. The number of esters is 3. The molecule has 0 spiro atoms. The molecule has 0 bridgehead atoms. The van der Waals surface area contributed by atoms with Gasteiger partial charge in [-0.05, 0) is 37.3 Å². The SMILES string of the molecule is C=C(C)C1=CC(C(=O)OC)(C(=O)OC)[C@@H]2CC[C@@H](OC(C)=O)C=C[C@H]12. The van der Waals surface area contributed by atoms with Crippen molar-refractivity contribution in [2.45, 2.75) is 32.8 Å². The van der Waals surface area contributed by atoms with Crippen LogP contribution in [0.4, 0.5) is 0 Å². The van der Waals surface area contributed by atoms with E-state index in [1.54, 1.807) is 6.08 Å². The van der Waals surface area contributed by atoms with Crippen LogP contribution < -0.4 is 0 Å². The molecule has 25 heavy (non-hydrogen) atoms. The number of carbonyl (C=O) groups excluding carboxylic acids is 3. The number of fused-ring (bicyclic) bond motifs is 1. The van der Waals surface area contributed by atoms with E-state index in [0.29, 0.717) is 12.8 Å². The minimum absolute atomic E-state index is 0.198. The molecule has 2 aliphatic rings. The predicted octanol–water partition coefficient (Wildman–Crippen LogP) is 2.35. The summed E-state index contributed by atoms with van der Waals surface area (Å²) in [6, 6.07) is 0.